The van der Waals surface area contributed by atoms with E-state index < -0.39 is 10.0 Å². The van der Waals surface area contributed by atoms with Crippen LogP contribution in [0.5, 0.6) is 0 Å². The van der Waals surface area contributed by atoms with Crippen molar-refractivity contribution in [3.8, 4) is 0 Å². The number of piperidine rings is 1. The lowest BCUT2D eigenvalue weighted by atomic mass is 10.1. The van der Waals surface area contributed by atoms with Crippen molar-refractivity contribution >= 4 is 38.6 Å². The van der Waals surface area contributed by atoms with Gasteiger partial charge in [-0.2, -0.15) is 0 Å². The first-order chi connectivity index (χ1) is 9.88. The number of thiocarbonyl (C=S) groups is 1. The molecule has 0 amide bonds. The van der Waals surface area contributed by atoms with E-state index in [2.05, 4.69) is 9.62 Å². The molecule has 5 nitrogen and oxygen atoms in total. The molecule has 2 heterocycles. The molecule has 0 bridgehead atoms. The molecule has 21 heavy (non-hydrogen) atoms. The Morgan fingerprint density at radius 1 is 1.43 bits per heavy atom. The second-order valence-electron chi connectivity index (χ2n) is 5.37. The Hall–Kier alpha value is -0.540. The van der Waals surface area contributed by atoms with E-state index in [-0.39, 0.29) is 15.2 Å². The molecule has 1 saturated heterocycles. The van der Waals surface area contributed by atoms with Crippen LogP contribution in [-0.4, -0.2) is 44.0 Å². The summed E-state index contributed by atoms with van der Waals surface area (Å²) in [5.41, 5.74) is 5.52. The van der Waals surface area contributed by atoms with Gasteiger partial charge in [0.1, 0.15) is 9.20 Å². The highest BCUT2D eigenvalue weighted by Crippen LogP contribution is 2.21. The number of hydrogen-bond donors (Lipinski definition) is 2. The summed E-state index contributed by atoms with van der Waals surface area (Å²) in [7, 11) is -3.50. The van der Waals surface area contributed by atoms with Gasteiger partial charge in [-0.1, -0.05) is 18.6 Å². The van der Waals surface area contributed by atoms with Gasteiger partial charge < -0.3 is 10.6 Å². The summed E-state index contributed by atoms with van der Waals surface area (Å²) in [5, 5.41) is 0. The van der Waals surface area contributed by atoms with Gasteiger partial charge in [0.25, 0.3) is 0 Å². The SMILES string of the molecule is CC(CN1CCCCC1)NS(=O)(=O)c1ccc(C(N)=S)s1. The fraction of sp³-hybridized carbons (Fsp3) is 0.615. The number of hydrogen-bond acceptors (Lipinski definition) is 5. The number of nitrogens with one attached hydrogen (secondary N) is 1. The number of nitrogens with zero attached hydrogens (tertiary/aromatic N) is 1. The van der Waals surface area contributed by atoms with Crippen LogP contribution in [-0.2, 0) is 10.0 Å². The lowest BCUT2D eigenvalue weighted by Gasteiger charge is -2.29. The molecule has 0 aromatic carbocycles. The van der Waals surface area contributed by atoms with Gasteiger partial charge in [-0.3, -0.25) is 0 Å². The third kappa shape index (κ3) is 4.72. The van der Waals surface area contributed by atoms with Gasteiger partial charge in [0.15, 0.2) is 0 Å². The van der Waals surface area contributed by atoms with Crippen LogP contribution in [0.15, 0.2) is 16.3 Å². The predicted molar refractivity (Wildman–Crippen MR) is 90.3 cm³/mol. The summed E-state index contributed by atoms with van der Waals surface area (Å²) in [6, 6.07) is 3.08. The van der Waals surface area contributed by atoms with Crippen molar-refractivity contribution in [3.05, 3.63) is 17.0 Å². The Kier molecular flexibility index (Phi) is 5.73. The highest BCUT2D eigenvalue weighted by molar-refractivity contribution is 7.91. The summed E-state index contributed by atoms with van der Waals surface area (Å²) < 4.78 is 27.6. The minimum absolute atomic E-state index is 0.122. The first-order valence-corrected chi connectivity index (χ1v) is 9.73. The zero-order valence-corrected chi connectivity index (χ0v) is 14.5. The van der Waals surface area contributed by atoms with Crippen molar-refractivity contribution in [1.82, 2.24) is 9.62 Å². The second-order valence-corrected chi connectivity index (χ2v) is 8.83. The molecular weight excluding hydrogens is 326 g/mol. The minimum Gasteiger partial charge on any atom is -0.389 e. The number of likely N-dealkylation sites (tertiary alicyclic amines) is 1. The van der Waals surface area contributed by atoms with E-state index >= 15 is 0 Å². The Morgan fingerprint density at radius 3 is 2.67 bits per heavy atom. The second kappa shape index (κ2) is 7.15. The fourth-order valence-electron chi connectivity index (χ4n) is 2.49. The largest absolute Gasteiger partial charge is 0.389 e. The summed E-state index contributed by atoms with van der Waals surface area (Å²) in [6.45, 7) is 4.74. The van der Waals surface area contributed by atoms with E-state index in [0.717, 1.165) is 31.0 Å². The molecule has 2 rings (SSSR count). The van der Waals surface area contributed by atoms with Crippen molar-refractivity contribution in [3.63, 3.8) is 0 Å². The monoisotopic (exact) mass is 347 g/mol. The van der Waals surface area contributed by atoms with Crippen LogP contribution in [0.25, 0.3) is 0 Å². The molecule has 1 atom stereocenters. The van der Waals surface area contributed by atoms with E-state index in [1.165, 1.54) is 19.3 Å². The zero-order chi connectivity index (χ0) is 15.5. The lowest BCUT2D eigenvalue weighted by molar-refractivity contribution is 0.215. The van der Waals surface area contributed by atoms with Crippen molar-refractivity contribution in [2.24, 2.45) is 5.73 Å². The first kappa shape index (κ1) is 16.8. The Balaban J connectivity index is 1.97. The highest BCUT2D eigenvalue weighted by Gasteiger charge is 2.22. The molecule has 3 N–H and O–H groups in total. The number of thiophene rings is 1. The van der Waals surface area contributed by atoms with Crippen LogP contribution in [0.2, 0.25) is 0 Å². The molecule has 1 unspecified atom stereocenters. The molecule has 1 aromatic rings. The van der Waals surface area contributed by atoms with Gasteiger partial charge in [-0.15, -0.1) is 11.3 Å². The molecule has 1 aromatic heterocycles. The van der Waals surface area contributed by atoms with Crippen LogP contribution in [0.4, 0.5) is 0 Å². The van der Waals surface area contributed by atoms with Gasteiger partial charge in [-0.05, 0) is 45.0 Å². The number of rotatable bonds is 6. The van der Waals surface area contributed by atoms with Crippen molar-refractivity contribution in [1.29, 1.82) is 0 Å². The quantitative estimate of drug-likeness (QED) is 0.764. The molecule has 0 radical (unpaired) electrons. The summed E-state index contributed by atoms with van der Waals surface area (Å²) >= 11 is 5.97. The summed E-state index contributed by atoms with van der Waals surface area (Å²) in [4.78, 5) is 3.16. The van der Waals surface area contributed by atoms with E-state index in [0.29, 0.717) is 4.88 Å². The average molecular weight is 348 g/mol. The molecule has 0 spiro atoms. The van der Waals surface area contributed by atoms with E-state index in [1.54, 1.807) is 12.1 Å². The van der Waals surface area contributed by atoms with Gasteiger partial charge in [0.2, 0.25) is 10.0 Å². The molecule has 0 aliphatic carbocycles. The summed E-state index contributed by atoms with van der Waals surface area (Å²) in [5.74, 6) is 0. The van der Waals surface area contributed by atoms with Crippen LogP contribution in [0, 0.1) is 0 Å². The fourth-order valence-corrected chi connectivity index (χ4v) is 5.09. The van der Waals surface area contributed by atoms with Crippen molar-refractivity contribution in [2.75, 3.05) is 19.6 Å². The first-order valence-electron chi connectivity index (χ1n) is 7.03. The topological polar surface area (TPSA) is 75.4 Å². The molecular formula is C13H21N3O2S3. The van der Waals surface area contributed by atoms with E-state index in [4.69, 9.17) is 18.0 Å². The average Bonchev–Trinajstić information content (AvgIpc) is 2.89. The molecule has 8 heteroatoms. The van der Waals surface area contributed by atoms with Crippen LogP contribution < -0.4 is 10.5 Å². The Bertz CT molecular complexity index is 592. The maximum absolute atomic E-state index is 12.3. The van der Waals surface area contributed by atoms with Crippen LogP contribution in [0.3, 0.4) is 0 Å². The van der Waals surface area contributed by atoms with E-state index in [9.17, 15) is 8.42 Å². The number of sulfonamides is 1. The smallest absolute Gasteiger partial charge is 0.250 e. The lowest BCUT2D eigenvalue weighted by Crippen LogP contribution is -2.43. The predicted octanol–water partition coefficient (Wildman–Crippen LogP) is 1.53. The normalized spacial score (nSPS) is 18.5. The van der Waals surface area contributed by atoms with Gasteiger partial charge in [0.05, 0.1) is 4.88 Å². The van der Waals surface area contributed by atoms with Gasteiger partial charge >= 0.3 is 0 Å². The highest BCUT2D eigenvalue weighted by atomic mass is 32.2. The molecule has 1 aliphatic rings. The molecule has 1 aliphatic heterocycles. The summed E-state index contributed by atoms with van der Waals surface area (Å²) in [6.07, 6.45) is 3.66. The maximum Gasteiger partial charge on any atom is 0.250 e. The zero-order valence-electron chi connectivity index (χ0n) is 12.0. The molecule has 0 saturated carbocycles. The third-order valence-corrected chi connectivity index (χ3v) is 6.98. The molecule has 118 valence electrons. The Labute approximate surface area is 135 Å². The molecule has 1 fully saturated rings. The standard InChI is InChI=1S/C13H21N3O2S3/c1-10(9-16-7-3-2-4-8-16)15-21(17,18)12-6-5-11(20-12)13(14)19/h5-6,10,15H,2-4,7-9H2,1H3,(H2,14,19). The number of nitrogens with two attached hydrogens (primary N) is 1. The van der Waals surface area contributed by atoms with Gasteiger partial charge in [-0.25, -0.2) is 13.1 Å². The van der Waals surface area contributed by atoms with Crippen LogP contribution >= 0.6 is 23.6 Å². The maximum atomic E-state index is 12.3. The minimum atomic E-state index is -3.50. The van der Waals surface area contributed by atoms with E-state index in [1.807, 2.05) is 6.92 Å². The Morgan fingerprint density at radius 2 is 2.10 bits per heavy atom. The van der Waals surface area contributed by atoms with Crippen molar-refractivity contribution < 1.29 is 8.42 Å². The third-order valence-electron chi connectivity index (χ3n) is 3.43. The van der Waals surface area contributed by atoms with Crippen molar-refractivity contribution in [2.45, 2.75) is 36.4 Å². The van der Waals surface area contributed by atoms with Gasteiger partial charge in [0, 0.05) is 12.6 Å². The van der Waals surface area contributed by atoms with Crippen LogP contribution in [0.1, 0.15) is 31.1 Å².